The standard InChI is InChI=1S/C27H22N2O5S2/c1-3-33-17-7-8-18-21(13-17)36-27(28-18)29-23(20-5-4-10-35-20)22(25(31)26(29)32)24(30)15-6-9-19-16(12-15)11-14(2)34-19/h4-10,12-14,23,30H,3,11H2,1-2H3/t14-,23-/m0/s1. The van der Waals surface area contributed by atoms with Gasteiger partial charge in [-0.15, -0.1) is 11.3 Å². The van der Waals surface area contributed by atoms with Crippen molar-refractivity contribution < 1.29 is 24.2 Å². The molecule has 1 fully saturated rings. The summed E-state index contributed by atoms with van der Waals surface area (Å²) in [5.74, 6) is -0.152. The molecule has 9 heteroatoms. The maximum absolute atomic E-state index is 13.4. The normalized spacial score (nSPS) is 20.7. The van der Waals surface area contributed by atoms with Crippen molar-refractivity contribution in [2.75, 3.05) is 11.5 Å². The summed E-state index contributed by atoms with van der Waals surface area (Å²) >= 11 is 2.73. The second-order valence-electron chi connectivity index (χ2n) is 8.70. The number of Topliss-reactive ketones (excluding diaryl/α,β-unsaturated/α-hetero) is 1. The minimum atomic E-state index is -0.777. The fraction of sp³-hybridized carbons (Fsp3) is 0.222. The van der Waals surface area contributed by atoms with Crippen LogP contribution in [0.5, 0.6) is 11.5 Å². The second-order valence-corrected chi connectivity index (χ2v) is 10.7. The molecule has 2 aliphatic rings. The number of benzene rings is 2. The molecule has 0 saturated carbocycles. The van der Waals surface area contributed by atoms with Gasteiger partial charge in [0, 0.05) is 16.9 Å². The van der Waals surface area contributed by atoms with Crippen LogP contribution in [0.25, 0.3) is 16.0 Å². The van der Waals surface area contributed by atoms with Crippen molar-refractivity contribution in [3.8, 4) is 11.5 Å². The van der Waals surface area contributed by atoms with Crippen molar-refractivity contribution in [2.24, 2.45) is 0 Å². The molecule has 4 heterocycles. The van der Waals surface area contributed by atoms with Crippen LogP contribution in [0.4, 0.5) is 5.13 Å². The van der Waals surface area contributed by atoms with Crippen LogP contribution < -0.4 is 14.4 Å². The zero-order valence-corrected chi connectivity index (χ0v) is 21.2. The Morgan fingerprint density at radius 1 is 1.22 bits per heavy atom. The monoisotopic (exact) mass is 518 g/mol. The lowest BCUT2D eigenvalue weighted by Gasteiger charge is -2.21. The van der Waals surface area contributed by atoms with Crippen LogP contribution in [0.1, 0.15) is 35.9 Å². The molecule has 7 nitrogen and oxygen atoms in total. The molecule has 2 aliphatic heterocycles. The predicted molar refractivity (Wildman–Crippen MR) is 140 cm³/mol. The number of hydrogen-bond donors (Lipinski definition) is 1. The highest BCUT2D eigenvalue weighted by Crippen LogP contribution is 2.46. The first kappa shape index (κ1) is 22.8. The third-order valence-corrected chi connectivity index (χ3v) is 8.23. The number of aliphatic hydroxyl groups is 1. The van der Waals surface area contributed by atoms with Gasteiger partial charge in [0.05, 0.1) is 22.4 Å². The largest absolute Gasteiger partial charge is 0.507 e. The number of carbonyl (C=O) groups is 2. The van der Waals surface area contributed by atoms with Crippen LogP contribution in [-0.2, 0) is 16.0 Å². The van der Waals surface area contributed by atoms with Gasteiger partial charge in [0.2, 0.25) is 0 Å². The van der Waals surface area contributed by atoms with Crippen molar-refractivity contribution in [1.29, 1.82) is 0 Å². The summed E-state index contributed by atoms with van der Waals surface area (Å²) in [6.07, 6.45) is 0.769. The molecule has 36 heavy (non-hydrogen) atoms. The lowest BCUT2D eigenvalue weighted by Crippen LogP contribution is -2.28. The molecule has 182 valence electrons. The number of hydrogen-bond acceptors (Lipinski definition) is 8. The van der Waals surface area contributed by atoms with Gasteiger partial charge >= 0.3 is 5.91 Å². The summed E-state index contributed by atoms with van der Waals surface area (Å²) in [6.45, 7) is 4.44. The summed E-state index contributed by atoms with van der Waals surface area (Å²) < 4.78 is 12.2. The molecular weight excluding hydrogens is 496 g/mol. The molecule has 0 spiro atoms. The van der Waals surface area contributed by atoms with Crippen molar-refractivity contribution >= 4 is 55.5 Å². The molecule has 6 rings (SSSR count). The van der Waals surface area contributed by atoms with Gasteiger partial charge in [0.15, 0.2) is 5.13 Å². The highest BCUT2D eigenvalue weighted by atomic mass is 32.1. The fourth-order valence-electron chi connectivity index (χ4n) is 4.72. The van der Waals surface area contributed by atoms with Gasteiger partial charge in [-0.25, -0.2) is 4.98 Å². The van der Waals surface area contributed by atoms with Gasteiger partial charge in [-0.2, -0.15) is 0 Å². The molecule has 2 aromatic heterocycles. The number of anilines is 1. The lowest BCUT2D eigenvalue weighted by molar-refractivity contribution is -0.132. The number of thiophene rings is 1. The van der Waals surface area contributed by atoms with Crippen LogP contribution in [0.2, 0.25) is 0 Å². The summed E-state index contributed by atoms with van der Waals surface area (Å²) in [7, 11) is 0. The summed E-state index contributed by atoms with van der Waals surface area (Å²) in [4.78, 5) is 33.6. The molecular formula is C27H22N2O5S2. The average Bonchev–Trinajstić information content (AvgIpc) is 3.64. The van der Waals surface area contributed by atoms with E-state index < -0.39 is 17.7 Å². The second kappa shape index (κ2) is 8.76. The average molecular weight is 519 g/mol. The highest BCUT2D eigenvalue weighted by Gasteiger charge is 2.48. The van der Waals surface area contributed by atoms with E-state index in [4.69, 9.17) is 9.47 Å². The molecule has 1 amide bonds. The van der Waals surface area contributed by atoms with Gasteiger partial charge < -0.3 is 14.6 Å². The van der Waals surface area contributed by atoms with Gasteiger partial charge in [0.1, 0.15) is 29.4 Å². The zero-order chi connectivity index (χ0) is 25.0. The smallest absolute Gasteiger partial charge is 0.301 e. The van der Waals surface area contributed by atoms with E-state index in [1.807, 2.05) is 55.6 Å². The van der Waals surface area contributed by atoms with Crippen LogP contribution in [0.3, 0.4) is 0 Å². The Morgan fingerprint density at radius 3 is 2.86 bits per heavy atom. The Labute approximate surface area is 215 Å². The molecule has 1 saturated heterocycles. The van der Waals surface area contributed by atoms with Crippen LogP contribution in [-0.4, -0.2) is 34.5 Å². The van der Waals surface area contributed by atoms with Crippen molar-refractivity contribution in [1.82, 2.24) is 4.98 Å². The number of fused-ring (bicyclic) bond motifs is 2. The first-order chi connectivity index (χ1) is 17.4. The molecule has 1 N–H and O–H groups in total. The first-order valence-electron chi connectivity index (χ1n) is 11.6. The Morgan fingerprint density at radius 2 is 2.08 bits per heavy atom. The van der Waals surface area contributed by atoms with E-state index in [0.29, 0.717) is 35.0 Å². The van der Waals surface area contributed by atoms with Gasteiger partial charge in [-0.3, -0.25) is 14.5 Å². The van der Waals surface area contributed by atoms with E-state index in [2.05, 4.69) is 4.98 Å². The van der Waals surface area contributed by atoms with E-state index in [0.717, 1.165) is 20.9 Å². The first-order valence-corrected chi connectivity index (χ1v) is 13.3. The number of amides is 1. The van der Waals surface area contributed by atoms with Crippen molar-refractivity contribution in [3.05, 3.63) is 75.5 Å². The number of ether oxygens (including phenoxy) is 2. The van der Waals surface area contributed by atoms with E-state index in [1.165, 1.54) is 27.6 Å². The predicted octanol–water partition coefficient (Wildman–Crippen LogP) is 5.71. The Hall–Kier alpha value is -3.69. The van der Waals surface area contributed by atoms with Crippen molar-refractivity contribution in [3.63, 3.8) is 0 Å². The molecule has 0 bridgehead atoms. The quantitative estimate of drug-likeness (QED) is 0.207. The summed E-state index contributed by atoms with van der Waals surface area (Å²) in [6, 6.07) is 13.8. The minimum Gasteiger partial charge on any atom is -0.507 e. The molecule has 2 atom stereocenters. The van der Waals surface area contributed by atoms with Crippen LogP contribution in [0, 0.1) is 0 Å². The number of aliphatic hydroxyl groups excluding tert-OH is 1. The molecule has 0 radical (unpaired) electrons. The zero-order valence-electron chi connectivity index (χ0n) is 19.6. The van der Waals surface area contributed by atoms with Crippen molar-refractivity contribution in [2.45, 2.75) is 32.4 Å². The topological polar surface area (TPSA) is 89.0 Å². The van der Waals surface area contributed by atoms with Crippen LogP contribution in [0.15, 0.2) is 59.5 Å². The number of aromatic nitrogens is 1. The lowest BCUT2D eigenvalue weighted by atomic mass is 9.98. The summed E-state index contributed by atoms with van der Waals surface area (Å²) in [5, 5.41) is 13.7. The minimum absolute atomic E-state index is 0.0522. The molecule has 4 aromatic rings. The van der Waals surface area contributed by atoms with Gasteiger partial charge in [-0.05, 0) is 67.3 Å². The van der Waals surface area contributed by atoms with Gasteiger partial charge in [-0.1, -0.05) is 17.4 Å². The Bertz CT molecular complexity index is 1540. The maximum Gasteiger partial charge on any atom is 0.301 e. The number of carbonyl (C=O) groups excluding carboxylic acids is 2. The van der Waals surface area contributed by atoms with Gasteiger partial charge in [0.25, 0.3) is 5.78 Å². The number of thiazole rings is 1. The number of rotatable bonds is 5. The Balaban J connectivity index is 1.48. The molecule has 0 unspecified atom stereocenters. The van der Waals surface area contributed by atoms with E-state index in [-0.39, 0.29) is 17.4 Å². The Kier molecular flexibility index (Phi) is 5.54. The third-order valence-electron chi connectivity index (χ3n) is 6.29. The SMILES string of the molecule is CCOc1ccc2nc(N3C(=O)C(=O)C(=C(O)c4ccc5c(c4)C[C@H](C)O5)[C@@H]3c3cccs3)sc2c1. The maximum atomic E-state index is 13.4. The third kappa shape index (κ3) is 3.66. The molecule has 0 aliphatic carbocycles. The summed E-state index contributed by atoms with van der Waals surface area (Å²) in [5.41, 5.74) is 2.21. The number of nitrogens with zero attached hydrogens (tertiary/aromatic N) is 2. The van der Waals surface area contributed by atoms with E-state index >= 15 is 0 Å². The van der Waals surface area contributed by atoms with E-state index in [1.54, 1.807) is 12.1 Å². The van der Waals surface area contributed by atoms with E-state index in [9.17, 15) is 14.7 Å². The van der Waals surface area contributed by atoms with Crippen LogP contribution >= 0.6 is 22.7 Å². The number of ketones is 1. The highest BCUT2D eigenvalue weighted by molar-refractivity contribution is 7.22. The fourth-order valence-corrected chi connectivity index (χ4v) is 6.57. The molecule has 2 aromatic carbocycles.